The Labute approximate surface area is 212 Å². The van der Waals surface area contributed by atoms with Crippen molar-refractivity contribution in [2.24, 2.45) is 0 Å². The van der Waals surface area contributed by atoms with E-state index in [9.17, 15) is 4.79 Å². The molecule has 11 nitrogen and oxygen atoms in total. The lowest BCUT2D eigenvalue weighted by Crippen LogP contribution is -2.15. The summed E-state index contributed by atoms with van der Waals surface area (Å²) in [6, 6.07) is 10.5. The highest BCUT2D eigenvalue weighted by Crippen LogP contribution is 2.36. The molecule has 0 unspecified atom stereocenters. The lowest BCUT2D eigenvalue weighted by Gasteiger charge is -2.12. The second kappa shape index (κ2) is 10.3. The number of amides is 1. The van der Waals surface area contributed by atoms with Gasteiger partial charge in [-0.25, -0.2) is 9.67 Å². The summed E-state index contributed by atoms with van der Waals surface area (Å²) in [7, 11) is 3.14. The van der Waals surface area contributed by atoms with Gasteiger partial charge in [-0.2, -0.15) is 5.10 Å². The average molecular weight is 501 g/mol. The van der Waals surface area contributed by atoms with Gasteiger partial charge in [0.25, 0.3) is 5.91 Å². The van der Waals surface area contributed by atoms with Gasteiger partial charge < -0.3 is 29.2 Å². The molecule has 0 saturated heterocycles. The lowest BCUT2D eigenvalue weighted by atomic mass is 10.2. The van der Waals surface area contributed by atoms with Crippen LogP contribution in [0, 0.1) is 0 Å². The molecular formula is C26H24N6O5. The van der Waals surface area contributed by atoms with Crippen molar-refractivity contribution in [2.75, 3.05) is 26.1 Å². The molecule has 5 aromatic rings. The van der Waals surface area contributed by atoms with Crippen LogP contribution in [-0.4, -0.2) is 51.5 Å². The maximum atomic E-state index is 13.0. The molecule has 0 saturated carbocycles. The summed E-state index contributed by atoms with van der Waals surface area (Å²) in [6.45, 7) is 2.24. The Bertz CT molecular complexity index is 1530. The van der Waals surface area contributed by atoms with Crippen molar-refractivity contribution >= 4 is 22.6 Å². The second-order valence-electron chi connectivity index (χ2n) is 7.76. The third kappa shape index (κ3) is 4.87. The van der Waals surface area contributed by atoms with E-state index in [1.165, 1.54) is 6.20 Å². The summed E-state index contributed by atoms with van der Waals surface area (Å²) < 4.78 is 24.0. The zero-order chi connectivity index (χ0) is 25.8. The smallest absolute Gasteiger partial charge is 0.281 e. The Balaban J connectivity index is 1.34. The van der Waals surface area contributed by atoms with Crippen LogP contribution in [0.4, 0.5) is 5.82 Å². The van der Waals surface area contributed by atoms with Crippen LogP contribution < -0.4 is 24.3 Å². The van der Waals surface area contributed by atoms with E-state index < -0.39 is 5.91 Å². The molecule has 4 aromatic heterocycles. The molecule has 0 atom stereocenters. The molecule has 4 heterocycles. The van der Waals surface area contributed by atoms with E-state index in [0.29, 0.717) is 46.7 Å². The topological polar surface area (TPSA) is 125 Å². The van der Waals surface area contributed by atoms with Gasteiger partial charge in [0.15, 0.2) is 22.9 Å². The molecule has 1 aromatic carbocycles. The van der Waals surface area contributed by atoms with Gasteiger partial charge in [-0.05, 0) is 37.3 Å². The van der Waals surface area contributed by atoms with E-state index in [1.807, 2.05) is 13.0 Å². The quantitative estimate of drug-likeness (QED) is 0.301. The molecule has 1 amide bonds. The molecule has 11 heteroatoms. The summed E-state index contributed by atoms with van der Waals surface area (Å²) in [5.74, 6) is 2.45. The summed E-state index contributed by atoms with van der Waals surface area (Å²) in [5.41, 5.74) is 1.62. The molecule has 5 rings (SSSR count). The van der Waals surface area contributed by atoms with E-state index in [0.717, 1.165) is 11.1 Å². The number of ether oxygens (including phenoxy) is 4. The molecular weight excluding hydrogens is 476 g/mol. The monoisotopic (exact) mass is 500 g/mol. The van der Waals surface area contributed by atoms with Gasteiger partial charge in [0.05, 0.1) is 44.4 Å². The van der Waals surface area contributed by atoms with Crippen LogP contribution in [0.3, 0.4) is 0 Å². The number of hydrogen-bond donors (Lipinski definition) is 2. The van der Waals surface area contributed by atoms with Crippen LogP contribution in [0.5, 0.6) is 28.7 Å². The number of pyridine rings is 2. The maximum Gasteiger partial charge on any atom is 0.281 e. The minimum Gasteiger partial charge on any atom is -0.493 e. The van der Waals surface area contributed by atoms with Crippen LogP contribution in [0.25, 0.3) is 16.6 Å². The highest BCUT2D eigenvalue weighted by molar-refractivity contribution is 6.04. The van der Waals surface area contributed by atoms with Crippen LogP contribution in [-0.2, 0) is 0 Å². The number of aromatic nitrogens is 5. The minimum atomic E-state index is -0.444. The summed E-state index contributed by atoms with van der Waals surface area (Å²) in [5, 5.41) is 7.88. The number of methoxy groups -OCH3 is 2. The van der Waals surface area contributed by atoms with Gasteiger partial charge in [0.2, 0.25) is 0 Å². The number of nitrogens with one attached hydrogen (secondary N) is 2. The fourth-order valence-electron chi connectivity index (χ4n) is 3.72. The normalized spacial score (nSPS) is 10.8. The summed E-state index contributed by atoms with van der Waals surface area (Å²) in [6.07, 6.45) is 8.37. The maximum absolute atomic E-state index is 13.0. The zero-order valence-corrected chi connectivity index (χ0v) is 20.4. The molecule has 0 bridgehead atoms. The van der Waals surface area contributed by atoms with Crippen LogP contribution >= 0.6 is 0 Å². The van der Waals surface area contributed by atoms with Gasteiger partial charge in [-0.15, -0.1) is 0 Å². The number of aromatic amines is 1. The van der Waals surface area contributed by atoms with Crippen molar-refractivity contribution < 1.29 is 23.7 Å². The molecule has 0 aliphatic rings. The van der Waals surface area contributed by atoms with Crippen molar-refractivity contribution in [3.05, 3.63) is 73.1 Å². The van der Waals surface area contributed by atoms with Crippen LogP contribution in [0.1, 0.15) is 17.4 Å². The molecule has 188 valence electrons. The number of hydrogen-bond acceptors (Lipinski definition) is 8. The predicted octanol–water partition coefficient (Wildman–Crippen LogP) is 4.60. The largest absolute Gasteiger partial charge is 0.493 e. The van der Waals surface area contributed by atoms with Gasteiger partial charge in [0, 0.05) is 30.0 Å². The van der Waals surface area contributed by atoms with Crippen molar-refractivity contribution in [3.63, 3.8) is 0 Å². The van der Waals surface area contributed by atoms with E-state index >= 15 is 0 Å². The van der Waals surface area contributed by atoms with E-state index in [2.05, 4.69) is 25.4 Å². The molecule has 37 heavy (non-hydrogen) atoms. The Morgan fingerprint density at radius 3 is 2.57 bits per heavy atom. The van der Waals surface area contributed by atoms with Crippen molar-refractivity contribution in [1.82, 2.24) is 24.7 Å². The lowest BCUT2D eigenvalue weighted by molar-refractivity contribution is 0.101. The number of benzene rings is 1. The third-order valence-electron chi connectivity index (χ3n) is 5.45. The fourth-order valence-corrected chi connectivity index (χ4v) is 3.72. The number of carbonyl (C=O) groups is 1. The molecule has 2 N–H and O–H groups in total. The number of rotatable bonds is 9. The zero-order valence-electron chi connectivity index (χ0n) is 20.4. The average Bonchev–Trinajstić information content (AvgIpc) is 3.60. The first-order chi connectivity index (χ1) is 18.1. The summed E-state index contributed by atoms with van der Waals surface area (Å²) in [4.78, 5) is 24.6. The fraction of sp³-hybridized carbons (Fsp3) is 0.154. The number of nitrogens with zero attached hydrogens (tertiary/aromatic N) is 4. The van der Waals surface area contributed by atoms with Crippen molar-refractivity contribution in [3.8, 4) is 34.4 Å². The molecule has 0 aliphatic heterocycles. The number of anilines is 1. The third-order valence-corrected chi connectivity index (χ3v) is 5.45. The number of carbonyl (C=O) groups excluding carboxylic acids is 1. The Hall–Kier alpha value is -5.06. The predicted molar refractivity (Wildman–Crippen MR) is 136 cm³/mol. The second-order valence-corrected chi connectivity index (χ2v) is 7.76. The first-order valence-electron chi connectivity index (χ1n) is 11.4. The number of fused-ring (bicyclic) bond motifs is 1. The Morgan fingerprint density at radius 1 is 1.03 bits per heavy atom. The van der Waals surface area contributed by atoms with E-state index in [-0.39, 0.29) is 5.69 Å². The van der Waals surface area contributed by atoms with Gasteiger partial charge >= 0.3 is 0 Å². The first-order valence-corrected chi connectivity index (χ1v) is 11.4. The first kappa shape index (κ1) is 23.7. The SMILES string of the molecule is CCOc1cn(-c2cc[nH]c2)nc1C(=O)Nc1ccc(Oc2ccnc3cc(OC)c(OC)cc23)cn1. The van der Waals surface area contributed by atoms with E-state index in [1.54, 1.807) is 74.0 Å². The van der Waals surface area contributed by atoms with Crippen LogP contribution in [0.2, 0.25) is 0 Å². The van der Waals surface area contributed by atoms with Crippen molar-refractivity contribution in [1.29, 1.82) is 0 Å². The minimum absolute atomic E-state index is 0.151. The van der Waals surface area contributed by atoms with Gasteiger partial charge in [-0.1, -0.05) is 0 Å². The van der Waals surface area contributed by atoms with E-state index in [4.69, 9.17) is 18.9 Å². The summed E-state index contributed by atoms with van der Waals surface area (Å²) >= 11 is 0. The Kier molecular flexibility index (Phi) is 6.58. The highest BCUT2D eigenvalue weighted by atomic mass is 16.5. The van der Waals surface area contributed by atoms with Crippen molar-refractivity contribution in [2.45, 2.75) is 6.92 Å². The standard InChI is InChI=1S/C26H24N6O5/c1-4-36-23-15-32(16-7-9-27-13-16)31-25(23)26(33)30-24-6-5-17(14-29-24)37-20-8-10-28-19-12-22(35-3)21(34-2)11-18(19)20/h5-15,27H,4H2,1-3H3,(H,29,30,33). The molecule has 0 aliphatic carbocycles. The number of H-pyrrole nitrogens is 1. The van der Waals surface area contributed by atoms with Crippen LogP contribution in [0.15, 0.2) is 67.4 Å². The molecule has 0 radical (unpaired) electrons. The molecule has 0 spiro atoms. The van der Waals surface area contributed by atoms with Gasteiger partial charge in [0.1, 0.15) is 17.3 Å². The van der Waals surface area contributed by atoms with Gasteiger partial charge in [-0.3, -0.25) is 9.78 Å². The molecule has 0 fully saturated rings. The Morgan fingerprint density at radius 2 is 1.86 bits per heavy atom. The highest BCUT2D eigenvalue weighted by Gasteiger charge is 2.20.